The van der Waals surface area contributed by atoms with Crippen molar-refractivity contribution >= 4 is 27.5 Å². The molecule has 1 aliphatic carbocycles. The number of hydrogen-bond donors (Lipinski definition) is 0. The largest absolute Gasteiger partial charge is 0.232 e. The Labute approximate surface area is 132 Å². The summed E-state index contributed by atoms with van der Waals surface area (Å²) >= 11 is 9.70. The molecule has 0 N–H and O–H groups in total. The van der Waals surface area contributed by atoms with Crippen LogP contribution in [0.4, 0.5) is 0 Å². The van der Waals surface area contributed by atoms with Gasteiger partial charge in [-0.1, -0.05) is 43.1 Å². The third-order valence-corrected chi connectivity index (χ3v) is 4.89. The van der Waals surface area contributed by atoms with Gasteiger partial charge in [0.1, 0.15) is 5.15 Å². The first kappa shape index (κ1) is 14.0. The van der Waals surface area contributed by atoms with Crippen molar-refractivity contribution in [1.82, 2.24) is 9.97 Å². The predicted octanol–water partition coefficient (Wildman–Crippen LogP) is 5.39. The normalized spacial score (nSPS) is 14.6. The van der Waals surface area contributed by atoms with Gasteiger partial charge in [0.05, 0.1) is 10.2 Å². The van der Waals surface area contributed by atoms with Crippen LogP contribution < -0.4 is 0 Å². The molecule has 1 saturated carbocycles. The highest BCUT2D eigenvalue weighted by atomic mass is 79.9. The molecule has 0 unspecified atom stereocenters. The highest BCUT2D eigenvalue weighted by Crippen LogP contribution is 2.41. The van der Waals surface area contributed by atoms with Gasteiger partial charge >= 0.3 is 0 Å². The molecule has 3 rings (SSSR count). The molecule has 0 spiro atoms. The van der Waals surface area contributed by atoms with E-state index in [0.717, 1.165) is 40.3 Å². The predicted molar refractivity (Wildman–Crippen MR) is 86.1 cm³/mol. The smallest absolute Gasteiger partial charge is 0.161 e. The lowest BCUT2D eigenvalue weighted by Crippen LogP contribution is -1.99. The van der Waals surface area contributed by atoms with E-state index in [2.05, 4.69) is 57.1 Å². The van der Waals surface area contributed by atoms with Crippen molar-refractivity contribution < 1.29 is 0 Å². The van der Waals surface area contributed by atoms with E-state index in [1.165, 1.54) is 18.4 Å². The summed E-state index contributed by atoms with van der Waals surface area (Å²) in [6.07, 6.45) is 4.53. The zero-order valence-corrected chi connectivity index (χ0v) is 13.7. The van der Waals surface area contributed by atoms with E-state index in [-0.39, 0.29) is 0 Å². The number of aromatic nitrogens is 2. The van der Waals surface area contributed by atoms with Crippen molar-refractivity contribution in [3.63, 3.8) is 0 Å². The fourth-order valence-corrected chi connectivity index (χ4v) is 2.91. The van der Waals surface area contributed by atoms with E-state index in [1.807, 2.05) is 0 Å². The van der Waals surface area contributed by atoms with Crippen molar-refractivity contribution in [2.75, 3.05) is 0 Å². The molecule has 1 heterocycles. The minimum atomic E-state index is 0.496. The first-order valence-electron chi connectivity index (χ1n) is 7.01. The summed E-state index contributed by atoms with van der Waals surface area (Å²) in [5.74, 6) is 1.46. The van der Waals surface area contributed by atoms with Gasteiger partial charge in [0, 0.05) is 5.56 Å². The lowest BCUT2D eigenvalue weighted by atomic mass is 10.1. The first-order chi connectivity index (χ1) is 9.69. The van der Waals surface area contributed by atoms with Gasteiger partial charge in [-0.2, -0.15) is 0 Å². The highest BCUT2D eigenvalue weighted by molar-refractivity contribution is 9.10. The lowest BCUT2D eigenvalue weighted by Gasteiger charge is -2.08. The summed E-state index contributed by atoms with van der Waals surface area (Å²) in [7, 11) is 0. The van der Waals surface area contributed by atoms with Crippen molar-refractivity contribution in [2.45, 2.75) is 38.5 Å². The minimum Gasteiger partial charge on any atom is -0.232 e. The van der Waals surface area contributed by atoms with Gasteiger partial charge in [0.25, 0.3) is 0 Å². The Kier molecular flexibility index (Phi) is 4.08. The summed E-state index contributed by atoms with van der Waals surface area (Å²) in [5, 5.41) is 0.496. The number of rotatable bonds is 4. The van der Waals surface area contributed by atoms with Gasteiger partial charge in [0.2, 0.25) is 0 Å². The van der Waals surface area contributed by atoms with Crippen LogP contribution in [0.5, 0.6) is 0 Å². The number of nitrogens with zero attached hydrogens (tertiary/aromatic N) is 2. The molecular formula is C16H16BrClN2. The molecular weight excluding hydrogens is 336 g/mol. The van der Waals surface area contributed by atoms with Crippen LogP contribution in [0, 0.1) is 0 Å². The second-order valence-corrected chi connectivity index (χ2v) is 6.40. The van der Waals surface area contributed by atoms with Gasteiger partial charge in [-0.15, -0.1) is 0 Å². The maximum absolute atomic E-state index is 6.22. The van der Waals surface area contributed by atoms with E-state index in [0.29, 0.717) is 5.15 Å². The van der Waals surface area contributed by atoms with Gasteiger partial charge in [-0.25, -0.2) is 9.97 Å². The molecule has 0 atom stereocenters. The summed E-state index contributed by atoms with van der Waals surface area (Å²) < 4.78 is 0.822. The van der Waals surface area contributed by atoms with Gasteiger partial charge in [0.15, 0.2) is 5.82 Å². The second kappa shape index (κ2) is 5.82. The van der Waals surface area contributed by atoms with E-state index in [4.69, 9.17) is 11.6 Å². The molecule has 0 saturated heterocycles. The van der Waals surface area contributed by atoms with E-state index >= 15 is 0 Å². The Hall–Kier alpha value is -0.930. The van der Waals surface area contributed by atoms with Gasteiger partial charge in [-0.05, 0) is 52.7 Å². The van der Waals surface area contributed by atoms with Crippen LogP contribution in [0.15, 0.2) is 28.7 Å². The molecule has 0 radical (unpaired) electrons. The van der Waals surface area contributed by atoms with Crippen LogP contribution in [0.3, 0.4) is 0 Å². The van der Waals surface area contributed by atoms with Crippen LogP contribution >= 0.6 is 27.5 Å². The Morgan fingerprint density at radius 3 is 2.80 bits per heavy atom. The summed E-state index contributed by atoms with van der Waals surface area (Å²) in [5.41, 5.74) is 3.43. The molecule has 0 aliphatic heterocycles. The number of halogens is 2. The molecule has 1 aromatic heterocycles. The Balaban J connectivity index is 2.02. The standard InChI is InChI=1S/C16H16BrClN2/c1-2-4-13-14(17)15(18)20-16(19-13)12-6-3-5-11(9-12)10-7-8-10/h3,5-6,9-10H,2,4,7-8H2,1H3. The van der Waals surface area contributed by atoms with Crippen molar-refractivity contribution in [3.8, 4) is 11.4 Å². The third-order valence-electron chi connectivity index (χ3n) is 3.56. The Bertz CT molecular complexity index is 638. The van der Waals surface area contributed by atoms with E-state index in [1.54, 1.807) is 0 Å². The number of benzene rings is 1. The van der Waals surface area contributed by atoms with Gasteiger partial charge < -0.3 is 0 Å². The van der Waals surface area contributed by atoms with Crippen molar-refractivity contribution in [3.05, 3.63) is 45.1 Å². The van der Waals surface area contributed by atoms with Crippen LogP contribution in [0.2, 0.25) is 5.15 Å². The molecule has 4 heteroatoms. The fraction of sp³-hybridized carbons (Fsp3) is 0.375. The Morgan fingerprint density at radius 2 is 2.10 bits per heavy atom. The first-order valence-corrected chi connectivity index (χ1v) is 8.18. The van der Waals surface area contributed by atoms with Crippen molar-refractivity contribution in [1.29, 1.82) is 0 Å². The number of aryl methyl sites for hydroxylation is 1. The molecule has 2 aromatic rings. The molecule has 1 fully saturated rings. The molecule has 0 amide bonds. The van der Waals surface area contributed by atoms with Gasteiger partial charge in [-0.3, -0.25) is 0 Å². The molecule has 1 aliphatic rings. The molecule has 20 heavy (non-hydrogen) atoms. The molecule has 0 bridgehead atoms. The van der Waals surface area contributed by atoms with E-state index < -0.39 is 0 Å². The second-order valence-electron chi connectivity index (χ2n) is 5.25. The zero-order chi connectivity index (χ0) is 14.1. The summed E-state index contributed by atoms with van der Waals surface area (Å²) in [4.78, 5) is 9.09. The average Bonchev–Trinajstić information content (AvgIpc) is 3.28. The topological polar surface area (TPSA) is 25.8 Å². The van der Waals surface area contributed by atoms with Crippen LogP contribution in [-0.2, 0) is 6.42 Å². The highest BCUT2D eigenvalue weighted by Gasteiger charge is 2.23. The molecule has 1 aromatic carbocycles. The minimum absolute atomic E-state index is 0.496. The van der Waals surface area contributed by atoms with Crippen molar-refractivity contribution in [2.24, 2.45) is 0 Å². The monoisotopic (exact) mass is 350 g/mol. The zero-order valence-electron chi connectivity index (χ0n) is 11.4. The van der Waals surface area contributed by atoms with Crippen LogP contribution in [0.1, 0.15) is 43.4 Å². The maximum atomic E-state index is 6.22. The van der Waals surface area contributed by atoms with E-state index in [9.17, 15) is 0 Å². The maximum Gasteiger partial charge on any atom is 0.161 e. The molecule has 104 valence electrons. The summed E-state index contributed by atoms with van der Waals surface area (Å²) in [6.45, 7) is 2.13. The third kappa shape index (κ3) is 2.89. The Morgan fingerprint density at radius 1 is 1.30 bits per heavy atom. The fourth-order valence-electron chi connectivity index (χ4n) is 2.34. The summed E-state index contributed by atoms with van der Waals surface area (Å²) in [6, 6.07) is 8.53. The van der Waals surface area contributed by atoms with Crippen LogP contribution in [-0.4, -0.2) is 9.97 Å². The lowest BCUT2D eigenvalue weighted by molar-refractivity contribution is 0.868. The average molecular weight is 352 g/mol. The number of hydrogen-bond acceptors (Lipinski definition) is 2. The SMILES string of the molecule is CCCc1nc(-c2cccc(C3CC3)c2)nc(Cl)c1Br. The van der Waals surface area contributed by atoms with Crippen LogP contribution in [0.25, 0.3) is 11.4 Å². The molecule has 2 nitrogen and oxygen atoms in total. The quantitative estimate of drug-likeness (QED) is 0.690.